The zero-order valence-electron chi connectivity index (χ0n) is 10.5. The van der Waals surface area contributed by atoms with Gasteiger partial charge < -0.3 is 10.4 Å². The second-order valence-electron chi connectivity index (χ2n) is 4.70. The molecule has 96 valence electrons. The number of aromatic nitrogens is 2. The molecule has 1 saturated heterocycles. The Labute approximate surface area is 102 Å². The first kappa shape index (κ1) is 12.5. The van der Waals surface area contributed by atoms with E-state index in [0.717, 1.165) is 13.1 Å². The Kier molecular flexibility index (Phi) is 4.53. The monoisotopic (exact) mass is 238 g/mol. The molecule has 5 nitrogen and oxygen atoms in total. The number of aliphatic hydroxyl groups excluding tert-OH is 1. The average Bonchev–Trinajstić information content (AvgIpc) is 2.77. The number of hydrogen-bond acceptors (Lipinski definition) is 4. The Balaban J connectivity index is 1.86. The van der Waals surface area contributed by atoms with E-state index in [1.165, 1.54) is 24.9 Å². The molecule has 2 N–H and O–H groups in total. The minimum atomic E-state index is 0.145. The molecule has 5 heteroatoms. The van der Waals surface area contributed by atoms with Gasteiger partial charge in [-0.05, 0) is 26.4 Å². The van der Waals surface area contributed by atoms with E-state index < -0.39 is 0 Å². The van der Waals surface area contributed by atoms with E-state index in [0.29, 0.717) is 12.6 Å². The van der Waals surface area contributed by atoms with Crippen LogP contribution in [0.5, 0.6) is 0 Å². The Hall–Kier alpha value is -0.910. The second-order valence-corrected chi connectivity index (χ2v) is 4.70. The third-order valence-electron chi connectivity index (χ3n) is 3.34. The first-order valence-electron chi connectivity index (χ1n) is 6.33. The fraction of sp³-hybridized carbons (Fsp3) is 0.750. The highest BCUT2D eigenvalue weighted by Gasteiger charge is 2.18. The molecule has 0 amide bonds. The molecule has 0 bridgehead atoms. The van der Waals surface area contributed by atoms with Crippen molar-refractivity contribution in [3.8, 4) is 0 Å². The van der Waals surface area contributed by atoms with Crippen molar-refractivity contribution in [3.63, 3.8) is 0 Å². The Morgan fingerprint density at radius 3 is 3.24 bits per heavy atom. The lowest BCUT2D eigenvalue weighted by Gasteiger charge is -2.32. The van der Waals surface area contributed by atoms with Crippen LogP contribution >= 0.6 is 0 Å². The van der Waals surface area contributed by atoms with Gasteiger partial charge in [0.25, 0.3) is 0 Å². The van der Waals surface area contributed by atoms with Crippen LogP contribution in [0.15, 0.2) is 12.4 Å². The number of likely N-dealkylation sites (tertiary alicyclic amines) is 1. The molecule has 0 spiro atoms. The molecule has 1 aromatic heterocycles. The summed E-state index contributed by atoms with van der Waals surface area (Å²) in [5, 5.41) is 16.4. The first-order valence-corrected chi connectivity index (χ1v) is 6.33. The number of nitrogens with one attached hydrogen (secondary N) is 1. The van der Waals surface area contributed by atoms with Crippen molar-refractivity contribution in [1.82, 2.24) is 20.0 Å². The van der Waals surface area contributed by atoms with Crippen LogP contribution in [0, 0.1) is 0 Å². The van der Waals surface area contributed by atoms with Crippen LogP contribution < -0.4 is 5.32 Å². The molecule has 0 aliphatic carbocycles. The summed E-state index contributed by atoms with van der Waals surface area (Å²) in [5.74, 6) is 0. The minimum absolute atomic E-state index is 0.145. The summed E-state index contributed by atoms with van der Waals surface area (Å²) in [6.45, 7) is 3.97. The van der Waals surface area contributed by atoms with Gasteiger partial charge in [-0.3, -0.25) is 9.58 Å². The summed E-state index contributed by atoms with van der Waals surface area (Å²) in [7, 11) is 2.04. The molecule has 17 heavy (non-hydrogen) atoms. The van der Waals surface area contributed by atoms with E-state index in [1.54, 1.807) is 4.68 Å². The zero-order chi connectivity index (χ0) is 12.1. The van der Waals surface area contributed by atoms with Gasteiger partial charge in [-0.15, -0.1) is 0 Å². The lowest BCUT2D eigenvalue weighted by atomic mass is 10.1. The molecular weight excluding hydrogens is 216 g/mol. The van der Waals surface area contributed by atoms with Gasteiger partial charge in [0, 0.05) is 30.9 Å². The van der Waals surface area contributed by atoms with Crippen LogP contribution in [-0.4, -0.2) is 52.6 Å². The predicted octanol–water partition coefficient (Wildman–Crippen LogP) is 0.0592. The van der Waals surface area contributed by atoms with E-state index in [-0.39, 0.29) is 6.61 Å². The maximum Gasteiger partial charge on any atom is 0.0640 e. The average molecular weight is 238 g/mol. The highest BCUT2D eigenvalue weighted by Crippen LogP contribution is 2.13. The summed E-state index contributed by atoms with van der Waals surface area (Å²) in [6, 6.07) is 0.622. The molecule has 0 aromatic carbocycles. The van der Waals surface area contributed by atoms with Crippen LogP contribution in [0.1, 0.15) is 18.4 Å². The standard InChI is InChI=1S/C12H22N4O/c1-13-12-3-2-4-15(10-12)8-11-7-14-16(9-11)5-6-17/h7,9,12-13,17H,2-6,8,10H2,1H3. The highest BCUT2D eigenvalue weighted by atomic mass is 16.3. The molecule has 0 radical (unpaired) electrons. The van der Waals surface area contributed by atoms with Crippen LogP contribution in [0.25, 0.3) is 0 Å². The summed E-state index contributed by atoms with van der Waals surface area (Å²) in [4.78, 5) is 2.46. The first-order chi connectivity index (χ1) is 8.31. The SMILES string of the molecule is CNC1CCCN(Cc2cnn(CCO)c2)C1. The summed E-state index contributed by atoms with van der Waals surface area (Å²) in [5.41, 5.74) is 1.23. The van der Waals surface area contributed by atoms with E-state index in [1.807, 2.05) is 19.4 Å². The Morgan fingerprint density at radius 2 is 2.47 bits per heavy atom. The van der Waals surface area contributed by atoms with Crippen molar-refractivity contribution in [2.24, 2.45) is 0 Å². The number of piperidine rings is 1. The zero-order valence-corrected chi connectivity index (χ0v) is 10.5. The second kappa shape index (κ2) is 6.14. The maximum atomic E-state index is 8.84. The highest BCUT2D eigenvalue weighted by molar-refractivity contribution is 5.04. The topological polar surface area (TPSA) is 53.3 Å². The molecule has 1 fully saturated rings. The van der Waals surface area contributed by atoms with Gasteiger partial charge >= 0.3 is 0 Å². The van der Waals surface area contributed by atoms with Crippen molar-refractivity contribution in [3.05, 3.63) is 18.0 Å². The smallest absolute Gasteiger partial charge is 0.0640 e. The number of nitrogens with zero attached hydrogens (tertiary/aromatic N) is 3. The van der Waals surface area contributed by atoms with Gasteiger partial charge in [0.2, 0.25) is 0 Å². The van der Waals surface area contributed by atoms with Gasteiger partial charge in [-0.1, -0.05) is 0 Å². The van der Waals surface area contributed by atoms with Crippen molar-refractivity contribution in [2.75, 3.05) is 26.7 Å². The molecule has 2 heterocycles. The summed E-state index contributed by atoms with van der Waals surface area (Å²) < 4.78 is 1.80. The molecule has 2 rings (SSSR count). The molecule has 0 saturated carbocycles. The maximum absolute atomic E-state index is 8.84. The summed E-state index contributed by atoms with van der Waals surface area (Å²) in [6.07, 6.45) is 6.46. The number of rotatable bonds is 5. The molecular formula is C12H22N4O. The van der Waals surface area contributed by atoms with Crippen molar-refractivity contribution in [2.45, 2.75) is 32.0 Å². The predicted molar refractivity (Wildman–Crippen MR) is 66.7 cm³/mol. The van der Waals surface area contributed by atoms with Crippen molar-refractivity contribution < 1.29 is 5.11 Å². The molecule has 1 aliphatic rings. The fourth-order valence-corrected chi connectivity index (χ4v) is 2.41. The van der Waals surface area contributed by atoms with Crippen molar-refractivity contribution in [1.29, 1.82) is 0 Å². The van der Waals surface area contributed by atoms with Gasteiger partial charge in [0.1, 0.15) is 0 Å². The number of aliphatic hydroxyl groups is 1. The minimum Gasteiger partial charge on any atom is -0.394 e. The van der Waals surface area contributed by atoms with Crippen LogP contribution in [0.2, 0.25) is 0 Å². The Bertz CT molecular complexity index is 339. The molecule has 1 aliphatic heterocycles. The molecule has 1 unspecified atom stereocenters. The van der Waals surface area contributed by atoms with Gasteiger partial charge in [0.15, 0.2) is 0 Å². The van der Waals surface area contributed by atoms with Crippen LogP contribution in [0.4, 0.5) is 0 Å². The molecule has 1 aromatic rings. The third-order valence-corrected chi connectivity index (χ3v) is 3.34. The largest absolute Gasteiger partial charge is 0.394 e. The van der Waals surface area contributed by atoms with E-state index >= 15 is 0 Å². The number of hydrogen-bond donors (Lipinski definition) is 2. The molecule has 1 atom stereocenters. The van der Waals surface area contributed by atoms with E-state index in [9.17, 15) is 0 Å². The lowest BCUT2D eigenvalue weighted by Crippen LogP contribution is -2.43. The van der Waals surface area contributed by atoms with E-state index in [4.69, 9.17) is 5.11 Å². The number of likely N-dealkylation sites (N-methyl/N-ethyl adjacent to an activating group) is 1. The quantitative estimate of drug-likeness (QED) is 0.761. The van der Waals surface area contributed by atoms with Gasteiger partial charge in [-0.25, -0.2) is 0 Å². The normalized spacial score (nSPS) is 21.9. The van der Waals surface area contributed by atoms with Gasteiger partial charge in [-0.2, -0.15) is 5.10 Å². The summed E-state index contributed by atoms with van der Waals surface area (Å²) >= 11 is 0. The van der Waals surface area contributed by atoms with Crippen LogP contribution in [-0.2, 0) is 13.1 Å². The third kappa shape index (κ3) is 3.52. The van der Waals surface area contributed by atoms with Crippen molar-refractivity contribution >= 4 is 0 Å². The fourth-order valence-electron chi connectivity index (χ4n) is 2.41. The van der Waals surface area contributed by atoms with Crippen LogP contribution in [0.3, 0.4) is 0 Å². The lowest BCUT2D eigenvalue weighted by molar-refractivity contribution is 0.188. The van der Waals surface area contributed by atoms with E-state index in [2.05, 4.69) is 15.3 Å². The van der Waals surface area contributed by atoms with Gasteiger partial charge in [0.05, 0.1) is 19.3 Å². The Morgan fingerprint density at radius 1 is 1.59 bits per heavy atom.